The number of nitrogens with zero attached hydrogens (tertiary/aromatic N) is 2. The van der Waals surface area contributed by atoms with Crippen LogP contribution in [-0.4, -0.2) is 22.1 Å². The third kappa shape index (κ3) is 0.771. The van der Waals surface area contributed by atoms with Crippen molar-refractivity contribution in [2.24, 2.45) is 5.92 Å². The van der Waals surface area contributed by atoms with Crippen molar-refractivity contribution in [1.29, 1.82) is 0 Å². The van der Waals surface area contributed by atoms with E-state index in [4.69, 9.17) is 0 Å². The van der Waals surface area contributed by atoms with E-state index in [1.54, 1.807) is 0 Å². The molecule has 2 aliphatic rings. The van der Waals surface area contributed by atoms with Crippen LogP contribution in [0.5, 0.6) is 0 Å². The molecule has 1 saturated carbocycles. The lowest BCUT2D eigenvalue weighted by molar-refractivity contribution is 0.435. The number of imidazole rings is 1. The van der Waals surface area contributed by atoms with E-state index in [0.717, 1.165) is 5.92 Å². The van der Waals surface area contributed by atoms with E-state index in [0.29, 0.717) is 12.1 Å². The first kappa shape index (κ1) is 6.66. The summed E-state index contributed by atoms with van der Waals surface area (Å²) in [7, 11) is 0. The van der Waals surface area contributed by atoms with Gasteiger partial charge < -0.3 is 9.88 Å². The minimum Gasteiger partial charge on any atom is -0.333 e. The third-order valence-electron chi connectivity index (χ3n) is 3.26. The minimum atomic E-state index is 0.687. The monoisotopic (exact) mass is 163 g/mol. The molecule has 3 unspecified atom stereocenters. The number of piperidine rings is 1. The van der Waals surface area contributed by atoms with Crippen molar-refractivity contribution < 1.29 is 0 Å². The second-order valence-corrected chi connectivity index (χ2v) is 3.85. The molecule has 0 spiro atoms. The second-order valence-electron chi connectivity index (χ2n) is 3.85. The molecule has 1 aliphatic heterocycles. The van der Waals surface area contributed by atoms with Crippen LogP contribution in [0.15, 0.2) is 18.7 Å². The molecule has 0 amide bonds. The van der Waals surface area contributed by atoms with E-state index in [-0.39, 0.29) is 0 Å². The lowest BCUT2D eigenvalue weighted by Crippen LogP contribution is -2.26. The number of hydrogen-bond donors (Lipinski definition) is 1. The zero-order valence-corrected chi connectivity index (χ0v) is 6.98. The van der Waals surface area contributed by atoms with Crippen LogP contribution >= 0.6 is 0 Å². The van der Waals surface area contributed by atoms with Gasteiger partial charge in [0.1, 0.15) is 0 Å². The highest BCUT2D eigenvalue weighted by atomic mass is 15.2. The SMILES string of the molecule is c1cn(C2C3CCC2NC3)cn1. The largest absolute Gasteiger partial charge is 0.333 e. The Morgan fingerprint density at radius 1 is 1.42 bits per heavy atom. The third-order valence-corrected chi connectivity index (χ3v) is 3.26. The van der Waals surface area contributed by atoms with E-state index in [9.17, 15) is 0 Å². The molecule has 3 atom stereocenters. The van der Waals surface area contributed by atoms with Crippen LogP contribution in [0.4, 0.5) is 0 Å². The molecule has 1 aliphatic carbocycles. The van der Waals surface area contributed by atoms with Crippen molar-refractivity contribution in [2.75, 3.05) is 6.54 Å². The van der Waals surface area contributed by atoms with Crippen LogP contribution in [0.1, 0.15) is 18.9 Å². The maximum absolute atomic E-state index is 4.10. The molecule has 3 heteroatoms. The van der Waals surface area contributed by atoms with Gasteiger partial charge in [-0.2, -0.15) is 0 Å². The van der Waals surface area contributed by atoms with Crippen molar-refractivity contribution in [1.82, 2.24) is 14.9 Å². The molecular weight excluding hydrogens is 150 g/mol. The predicted octanol–water partition coefficient (Wildman–Crippen LogP) is 0.806. The number of nitrogens with one attached hydrogen (secondary N) is 1. The van der Waals surface area contributed by atoms with Crippen LogP contribution in [0, 0.1) is 5.92 Å². The van der Waals surface area contributed by atoms with Crippen LogP contribution in [0.25, 0.3) is 0 Å². The summed E-state index contributed by atoms with van der Waals surface area (Å²) in [6, 6.07) is 1.40. The van der Waals surface area contributed by atoms with Gasteiger partial charge in [-0.25, -0.2) is 4.98 Å². The summed E-state index contributed by atoms with van der Waals surface area (Å²) in [5.74, 6) is 0.851. The van der Waals surface area contributed by atoms with Gasteiger partial charge >= 0.3 is 0 Å². The Morgan fingerprint density at radius 3 is 2.92 bits per heavy atom. The van der Waals surface area contributed by atoms with Gasteiger partial charge in [-0.05, 0) is 18.8 Å². The number of aromatic nitrogens is 2. The average Bonchev–Trinajstić information content (AvgIpc) is 2.78. The van der Waals surface area contributed by atoms with Crippen LogP contribution in [0.2, 0.25) is 0 Å². The zero-order chi connectivity index (χ0) is 7.97. The maximum Gasteiger partial charge on any atom is 0.0949 e. The van der Waals surface area contributed by atoms with Crippen molar-refractivity contribution in [3.63, 3.8) is 0 Å². The molecule has 3 rings (SSSR count). The van der Waals surface area contributed by atoms with Gasteiger partial charge in [-0.3, -0.25) is 0 Å². The van der Waals surface area contributed by atoms with Crippen molar-refractivity contribution in [2.45, 2.75) is 24.9 Å². The summed E-state index contributed by atoms with van der Waals surface area (Å²) in [6.07, 6.45) is 8.64. The molecule has 1 N–H and O–H groups in total. The summed E-state index contributed by atoms with van der Waals surface area (Å²) >= 11 is 0. The molecule has 2 fully saturated rings. The van der Waals surface area contributed by atoms with Gasteiger partial charge in [0.2, 0.25) is 0 Å². The lowest BCUT2D eigenvalue weighted by Gasteiger charge is -2.15. The summed E-state index contributed by atoms with van der Waals surface area (Å²) in [6.45, 7) is 1.20. The van der Waals surface area contributed by atoms with Crippen molar-refractivity contribution in [3.8, 4) is 0 Å². The fraction of sp³-hybridized carbons (Fsp3) is 0.667. The van der Waals surface area contributed by atoms with Crippen molar-refractivity contribution >= 4 is 0 Å². The molecule has 0 aromatic carbocycles. The van der Waals surface area contributed by atoms with Gasteiger partial charge in [0.15, 0.2) is 0 Å². The summed E-state index contributed by atoms with van der Waals surface area (Å²) in [5, 5.41) is 3.55. The van der Waals surface area contributed by atoms with E-state index < -0.39 is 0 Å². The first-order chi connectivity index (χ1) is 5.95. The highest BCUT2D eigenvalue weighted by molar-refractivity contribution is 5.02. The zero-order valence-electron chi connectivity index (χ0n) is 6.98. The minimum absolute atomic E-state index is 0.687. The molecule has 12 heavy (non-hydrogen) atoms. The van der Waals surface area contributed by atoms with Gasteiger partial charge in [0.05, 0.1) is 12.4 Å². The van der Waals surface area contributed by atoms with Crippen molar-refractivity contribution in [3.05, 3.63) is 18.7 Å². The molecular formula is C9H13N3. The Labute approximate surface area is 71.8 Å². The second kappa shape index (κ2) is 2.33. The fourth-order valence-electron chi connectivity index (χ4n) is 2.71. The predicted molar refractivity (Wildman–Crippen MR) is 45.8 cm³/mol. The fourth-order valence-corrected chi connectivity index (χ4v) is 2.71. The molecule has 2 heterocycles. The highest BCUT2D eigenvalue weighted by Crippen LogP contribution is 2.40. The van der Waals surface area contributed by atoms with E-state index in [1.165, 1.54) is 19.4 Å². The Balaban J connectivity index is 1.94. The Morgan fingerprint density at radius 2 is 2.42 bits per heavy atom. The Hall–Kier alpha value is -0.830. The van der Waals surface area contributed by atoms with E-state index >= 15 is 0 Å². The molecule has 1 aromatic heterocycles. The van der Waals surface area contributed by atoms with Crippen LogP contribution in [-0.2, 0) is 0 Å². The van der Waals surface area contributed by atoms with Gasteiger partial charge in [-0.15, -0.1) is 0 Å². The topological polar surface area (TPSA) is 29.9 Å². The van der Waals surface area contributed by atoms with Gasteiger partial charge in [-0.1, -0.05) is 0 Å². The quantitative estimate of drug-likeness (QED) is 0.664. The number of fused-ring (bicyclic) bond motifs is 2. The first-order valence-corrected chi connectivity index (χ1v) is 4.66. The molecule has 0 radical (unpaired) electrons. The summed E-state index contributed by atoms with van der Waals surface area (Å²) in [4.78, 5) is 4.10. The van der Waals surface area contributed by atoms with E-state index in [1.807, 2.05) is 12.5 Å². The normalized spacial score (nSPS) is 39.2. The average molecular weight is 163 g/mol. The number of rotatable bonds is 1. The van der Waals surface area contributed by atoms with Gasteiger partial charge in [0.25, 0.3) is 0 Å². The molecule has 64 valence electrons. The maximum atomic E-state index is 4.10. The smallest absolute Gasteiger partial charge is 0.0949 e. The molecule has 1 saturated heterocycles. The standard InChI is InChI=1S/C9H13N3/c1-2-8-9(7(1)5-11-8)12-4-3-10-6-12/h3-4,6-9,11H,1-2,5H2. The van der Waals surface area contributed by atoms with E-state index in [2.05, 4.69) is 21.1 Å². The molecule has 2 bridgehead atoms. The summed E-state index contributed by atoms with van der Waals surface area (Å²) < 4.78 is 2.27. The molecule has 1 aromatic rings. The van der Waals surface area contributed by atoms with Crippen LogP contribution < -0.4 is 5.32 Å². The lowest BCUT2D eigenvalue weighted by atomic mass is 10.1. The first-order valence-electron chi connectivity index (χ1n) is 4.66. The summed E-state index contributed by atoms with van der Waals surface area (Å²) in [5.41, 5.74) is 0. The molecule has 3 nitrogen and oxygen atoms in total. The Kier molecular flexibility index (Phi) is 1.29. The Bertz CT molecular complexity index is 247. The number of hydrogen-bond acceptors (Lipinski definition) is 2. The van der Waals surface area contributed by atoms with Gasteiger partial charge in [0, 0.05) is 25.0 Å². The highest BCUT2D eigenvalue weighted by Gasteiger charge is 2.42. The van der Waals surface area contributed by atoms with Crippen LogP contribution in [0.3, 0.4) is 0 Å².